The standard InChI is InChI=1S/C26H28ClNO/c1-3-28(4-2)17-18-29-26-16-15-23(20-25(26)27)24(22-13-9-6-10-14-22)19-21-11-7-5-8-12-21/h5-16,19-20H,3-4,17-18H2,1-2H3/b24-19-. The van der Waals surface area contributed by atoms with Crippen LogP contribution in [0, 0.1) is 0 Å². The van der Waals surface area contributed by atoms with Crippen LogP contribution in [-0.4, -0.2) is 31.1 Å². The molecule has 150 valence electrons. The molecule has 0 fully saturated rings. The topological polar surface area (TPSA) is 12.5 Å². The van der Waals surface area contributed by atoms with E-state index in [1.165, 1.54) is 0 Å². The second kappa shape index (κ2) is 10.8. The number of ether oxygens (including phenoxy) is 1. The summed E-state index contributed by atoms with van der Waals surface area (Å²) in [4.78, 5) is 2.33. The minimum Gasteiger partial charge on any atom is -0.491 e. The van der Waals surface area contributed by atoms with Gasteiger partial charge in [0.2, 0.25) is 0 Å². The molecule has 3 heteroatoms. The van der Waals surface area contributed by atoms with E-state index in [1.54, 1.807) is 0 Å². The number of likely N-dealkylation sites (N-methyl/N-ethyl adjacent to an activating group) is 1. The van der Waals surface area contributed by atoms with E-state index >= 15 is 0 Å². The molecule has 0 saturated heterocycles. The lowest BCUT2D eigenvalue weighted by molar-refractivity contribution is 0.223. The van der Waals surface area contributed by atoms with Gasteiger partial charge in [0.1, 0.15) is 12.4 Å². The average Bonchev–Trinajstić information content (AvgIpc) is 2.77. The Morgan fingerprint density at radius 1 is 0.862 bits per heavy atom. The SMILES string of the molecule is CCN(CC)CCOc1ccc(/C(=C\c2ccccc2)c2ccccc2)cc1Cl. The van der Waals surface area contributed by atoms with E-state index in [4.69, 9.17) is 16.3 Å². The van der Waals surface area contributed by atoms with Crippen LogP contribution in [0.3, 0.4) is 0 Å². The van der Waals surface area contributed by atoms with Gasteiger partial charge in [-0.25, -0.2) is 0 Å². The highest BCUT2D eigenvalue weighted by Gasteiger charge is 2.10. The van der Waals surface area contributed by atoms with Gasteiger partial charge in [-0.2, -0.15) is 0 Å². The molecule has 0 heterocycles. The van der Waals surface area contributed by atoms with Crippen LogP contribution < -0.4 is 4.74 Å². The second-order valence-corrected chi connectivity index (χ2v) is 7.26. The molecule has 0 aliphatic carbocycles. The van der Waals surface area contributed by atoms with Crippen molar-refractivity contribution in [3.8, 4) is 5.75 Å². The third kappa shape index (κ3) is 5.96. The number of benzene rings is 3. The van der Waals surface area contributed by atoms with Crippen LogP contribution in [0.15, 0.2) is 78.9 Å². The third-order valence-electron chi connectivity index (χ3n) is 5.00. The fraction of sp³-hybridized carbons (Fsp3) is 0.231. The lowest BCUT2D eigenvalue weighted by Gasteiger charge is -2.18. The first-order chi connectivity index (χ1) is 14.2. The quantitative estimate of drug-likeness (QED) is 0.369. The third-order valence-corrected chi connectivity index (χ3v) is 5.29. The van der Waals surface area contributed by atoms with E-state index in [9.17, 15) is 0 Å². The summed E-state index contributed by atoms with van der Waals surface area (Å²) >= 11 is 6.58. The first kappa shape index (κ1) is 21.2. The molecule has 29 heavy (non-hydrogen) atoms. The largest absolute Gasteiger partial charge is 0.491 e. The number of rotatable bonds is 9. The summed E-state index contributed by atoms with van der Waals surface area (Å²) in [5.41, 5.74) is 4.51. The molecule has 0 unspecified atom stereocenters. The summed E-state index contributed by atoms with van der Waals surface area (Å²) in [6.45, 7) is 7.90. The Morgan fingerprint density at radius 3 is 2.14 bits per heavy atom. The van der Waals surface area contributed by atoms with Crippen LogP contribution >= 0.6 is 11.6 Å². The lowest BCUT2D eigenvalue weighted by Crippen LogP contribution is -2.27. The molecule has 2 nitrogen and oxygen atoms in total. The number of halogens is 1. The Kier molecular flexibility index (Phi) is 7.92. The summed E-state index contributed by atoms with van der Waals surface area (Å²) in [6.07, 6.45) is 2.20. The molecule has 0 radical (unpaired) electrons. The maximum atomic E-state index is 6.58. The summed E-state index contributed by atoms with van der Waals surface area (Å²) in [5, 5.41) is 0.636. The second-order valence-electron chi connectivity index (χ2n) is 6.86. The van der Waals surface area contributed by atoms with E-state index in [-0.39, 0.29) is 0 Å². The smallest absolute Gasteiger partial charge is 0.137 e. The van der Waals surface area contributed by atoms with E-state index in [0.29, 0.717) is 11.6 Å². The highest BCUT2D eigenvalue weighted by Crippen LogP contribution is 2.32. The molecule has 0 aliphatic heterocycles. The first-order valence-electron chi connectivity index (χ1n) is 10.2. The van der Waals surface area contributed by atoms with E-state index in [1.807, 2.05) is 36.4 Å². The molecule has 0 aliphatic rings. The van der Waals surface area contributed by atoms with Crippen LogP contribution in [0.2, 0.25) is 5.02 Å². The van der Waals surface area contributed by atoms with E-state index in [2.05, 4.69) is 67.3 Å². The van der Waals surface area contributed by atoms with E-state index in [0.717, 1.165) is 47.6 Å². The van der Waals surface area contributed by atoms with Gasteiger partial charge < -0.3 is 9.64 Å². The van der Waals surface area contributed by atoms with Crippen molar-refractivity contribution < 1.29 is 4.74 Å². The van der Waals surface area contributed by atoms with Crippen molar-refractivity contribution in [2.45, 2.75) is 13.8 Å². The van der Waals surface area contributed by atoms with Gasteiger partial charge in [-0.05, 0) is 53.6 Å². The van der Waals surface area contributed by atoms with Crippen molar-refractivity contribution in [1.82, 2.24) is 4.90 Å². The minimum atomic E-state index is 0.631. The lowest BCUT2D eigenvalue weighted by atomic mass is 9.95. The molecule has 0 amide bonds. The number of hydrogen-bond acceptors (Lipinski definition) is 2. The maximum Gasteiger partial charge on any atom is 0.137 e. The molecule has 3 aromatic carbocycles. The molecule has 3 rings (SSSR count). The molecular formula is C26H28ClNO. The van der Waals surface area contributed by atoms with Crippen LogP contribution in [0.1, 0.15) is 30.5 Å². The van der Waals surface area contributed by atoms with Crippen LogP contribution in [0.4, 0.5) is 0 Å². The highest BCUT2D eigenvalue weighted by atomic mass is 35.5. The molecule has 0 N–H and O–H groups in total. The summed E-state index contributed by atoms with van der Waals surface area (Å²) in [5.74, 6) is 0.731. The summed E-state index contributed by atoms with van der Waals surface area (Å²) in [6, 6.07) is 26.8. The predicted octanol–water partition coefficient (Wildman–Crippen LogP) is 6.65. The molecule has 0 bridgehead atoms. The minimum absolute atomic E-state index is 0.631. The van der Waals surface area contributed by atoms with Crippen molar-refractivity contribution in [2.75, 3.05) is 26.2 Å². The number of hydrogen-bond donors (Lipinski definition) is 0. The van der Waals surface area contributed by atoms with Crippen LogP contribution in [0.25, 0.3) is 11.6 Å². The highest BCUT2D eigenvalue weighted by molar-refractivity contribution is 6.32. The van der Waals surface area contributed by atoms with Crippen LogP contribution in [0.5, 0.6) is 5.75 Å². The zero-order valence-electron chi connectivity index (χ0n) is 17.1. The van der Waals surface area contributed by atoms with Crippen molar-refractivity contribution in [3.05, 3.63) is 101 Å². The van der Waals surface area contributed by atoms with Crippen molar-refractivity contribution in [1.29, 1.82) is 0 Å². The van der Waals surface area contributed by atoms with Gasteiger partial charge >= 0.3 is 0 Å². The van der Waals surface area contributed by atoms with E-state index < -0.39 is 0 Å². The zero-order valence-corrected chi connectivity index (χ0v) is 17.9. The zero-order chi connectivity index (χ0) is 20.5. The fourth-order valence-corrected chi connectivity index (χ4v) is 3.51. The Hall–Kier alpha value is -2.55. The predicted molar refractivity (Wildman–Crippen MR) is 125 cm³/mol. The molecule has 0 spiro atoms. The average molecular weight is 406 g/mol. The van der Waals surface area contributed by atoms with Crippen molar-refractivity contribution in [2.24, 2.45) is 0 Å². The molecule has 0 saturated carbocycles. The number of nitrogens with zero attached hydrogens (tertiary/aromatic N) is 1. The molecular weight excluding hydrogens is 378 g/mol. The Bertz CT molecular complexity index is 918. The van der Waals surface area contributed by atoms with Gasteiger partial charge in [0, 0.05) is 6.54 Å². The first-order valence-corrected chi connectivity index (χ1v) is 10.6. The van der Waals surface area contributed by atoms with Gasteiger partial charge in [-0.1, -0.05) is 92.2 Å². The molecule has 0 atom stereocenters. The van der Waals surface area contributed by atoms with Gasteiger partial charge in [0.25, 0.3) is 0 Å². The summed E-state index contributed by atoms with van der Waals surface area (Å²) < 4.78 is 5.94. The molecule has 3 aromatic rings. The van der Waals surface area contributed by atoms with Gasteiger partial charge in [0.15, 0.2) is 0 Å². The summed E-state index contributed by atoms with van der Waals surface area (Å²) in [7, 11) is 0. The normalized spacial score (nSPS) is 11.7. The molecule has 0 aromatic heterocycles. The Morgan fingerprint density at radius 2 is 1.52 bits per heavy atom. The van der Waals surface area contributed by atoms with Gasteiger partial charge in [-0.15, -0.1) is 0 Å². The Balaban J connectivity index is 1.85. The maximum absolute atomic E-state index is 6.58. The monoisotopic (exact) mass is 405 g/mol. The van der Waals surface area contributed by atoms with Crippen molar-refractivity contribution in [3.63, 3.8) is 0 Å². The van der Waals surface area contributed by atoms with Gasteiger partial charge in [0.05, 0.1) is 5.02 Å². The van der Waals surface area contributed by atoms with Gasteiger partial charge in [-0.3, -0.25) is 0 Å². The van der Waals surface area contributed by atoms with Crippen molar-refractivity contribution >= 4 is 23.3 Å². The van der Waals surface area contributed by atoms with Crippen LogP contribution in [-0.2, 0) is 0 Å². The fourth-order valence-electron chi connectivity index (χ4n) is 3.28. The Labute approximate surface area is 179 Å².